The number of hydrogen-bond acceptors (Lipinski definition) is 8. The van der Waals surface area contributed by atoms with E-state index in [9.17, 15) is 9.50 Å². The van der Waals surface area contributed by atoms with Crippen LogP contribution in [0, 0.1) is 5.82 Å². The maximum Gasteiger partial charge on any atom is 0.227 e. The predicted molar refractivity (Wildman–Crippen MR) is 127 cm³/mol. The SMILES string of the molecule is Oc1cncnc1N1CCCN(c2cc(-c3ccc(F)c(Cl)c3)nc(N3CCCC3)n2)CC1. The third-order valence-corrected chi connectivity index (χ3v) is 6.39. The van der Waals surface area contributed by atoms with Gasteiger partial charge in [0.1, 0.15) is 18.0 Å². The lowest BCUT2D eigenvalue weighted by atomic mass is 10.1. The normalized spacial score (nSPS) is 16.8. The highest BCUT2D eigenvalue weighted by molar-refractivity contribution is 6.31. The topological polar surface area (TPSA) is 81.5 Å². The molecule has 33 heavy (non-hydrogen) atoms. The zero-order valence-corrected chi connectivity index (χ0v) is 18.9. The number of aromatic hydroxyl groups is 1. The van der Waals surface area contributed by atoms with E-state index in [1.807, 2.05) is 6.07 Å². The fourth-order valence-corrected chi connectivity index (χ4v) is 4.54. The van der Waals surface area contributed by atoms with Crippen molar-refractivity contribution >= 4 is 29.2 Å². The Bertz CT molecular complexity index is 1140. The minimum atomic E-state index is -0.449. The summed E-state index contributed by atoms with van der Waals surface area (Å²) in [6.07, 6.45) is 5.98. The Labute approximate surface area is 196 Å². The molecule has 5 rings (SSSR count). The van der Waals surface area contributed by atoms with Crippen molar-refractivity contribution in [2.45, 2.75) is 19.3 Å². The summed E-state index contributed by atoms with van der Waals surface area (Å²) >= 11 is 6.05. The predicted octanol–water partition coefficient (Wildman–Crippen LogP) is 3.75. The van der Waals surface area contributed by atoms with Crippen molar-refractivity contribution in [3.63, 3.8) is 0 Å². The quantitative estimate of drug-likeness (QED) is 0.618. The van der Waals surface area contributed by atoms with Crippen LogP contribution in [0.3, 0.4) is 0 Å². The Morgan fingerprint density at radius 1 is 0.879 bits per heavy atom. The number of halogens is 2. The lowest BCUT2D eigenvalue weighted by Crippen LogP contribution is -2.32. The van der Waals surface area contributed by atoms with Crippen LogP contribution in [0.2, 0.25) is 5.02 Å². The molecular formula is C23H25ClFN7O. The molecule has 4 heterocycles. The highest BCUT2D eigenvalue weighted by Crippen LogP contribution is 2.30. The van der Waals surface area contributed by atoms with E-state index in [1.54, 1.807) is 12.1 Å². The zero-order chi connectivity index (χ0) is 22.8. The van der Waals surface area contributed by atoms with E-state index in [2.05, 4.69) is 24.7 Å². The molecule has 2 aliphatic heterocycles. The number of hydrogen-bond donors (Lipinski definition) is 1. The number of aromatic nitrogens is 4. The monoisotopic (exact) mass is 469 g/mol. The summed E-state index contributed by atoms with van der Waals surface area (Å²) in [6.45, 7) is 4.82. The van der Waals surface area contributed by atoms with E-state index in [4.69, 9.17) is 21.6 Å². The maximum atomic E-state index is 13.7. The van der Waals surface area contributed by atoms with E-state index in [-0.39, 0.29) is 10.8 Å². The van der Waals surface area contributed by atoms with Gasteiger partial charge in [-0.3, -0.25) is 0 Å². The summed E-state index contributed by atoms with van der Waals surface area (Å²) in [6, 6.07) is 6.62. The average molecular weight is 470 g/mol. The Kier molecular flexibility index (Phi) is 6.13. The molecule has 1 N–H and O–H groups in total. The van der Waals surface area contributed by atoms with Crippen LogP contribution in [-0.2, 0) is 0 Å². The Morgan fingerprint density at radius 2 is 1.64 bits per heavy atom. The Balaban J connectivity index is 1.45. The maximum absolute atomic E-state index is 13.7. The van der Waals surface area contributed by atoms with Gasteiger partial charge in [0, 0.05) is 50.9 Å². The first-order chi connectivity index (χ1) is 16.1. The molecule has 1 aromatic carbocycles. The molecule has 0 radical (unpaired) electrons. The first-order valence-electron chi connectivity index (χ1n) is 11.2. The standard InChI is InChI=1S/C23H25ClFN7O/c24-17-12-16(4-5-18(17)25)19-13-21(29-23(28-19)32-6-1-2-7-32)30-8-3-9-31(11-10-30)22-20(33)14-26-15-27-22/h4-5,12-15,33H,1-3,6-11H2. The van der Waals surface area contributed by atoms with E-state index >= 15 is 0 Å². The van der Waals surface area contributed by atoms with E-state index < -0.39 is 5.82 Å². The number of anilines is 3. The fraction of sp³-hybridized carbons (Fsp3) is 0.391. The summed E-state index contributed by atoms with van der Waals surface area (Å²) in [7, 11) is 0. The number of rotatable bonds is 4. The van der Waals surface area contributed by atoms with Crippen molar-refractivity contribution in [1.29, 1.82) is 0 Å². The molecule has 0 aliphatic carbocycles. The third kappa shape index (κ3) is 4.64. The second-order valence-electron chi connectivity index (χ2n) is 8.29. The van der Waals surface area contributed by atoms with Crippen molar-refractivity contribution in [2.24, 2.45) is 0 Å². The highest BCUT2D eigenvalue weighted by Gasteiger charge is 2.23. The van der Waals surface area contributed by atoms with Gasteiger partial charge < -0.3 is 19.8 Å². The molecule has 2 aliphatic rings. The molecule has 0 amide bonds. The molecule has 0 atom stereocenters. The largest absolute Gasteiger partial charge is 0.503 e. The van der Waals surface area contributed by atoms with Gasteiger partial charge in [0.05, 0.1) is 16.9 Å². The van der Waals surface area contributed by atoms with Crippen LogP contribution in [0.5, 0.6) is 5.75 Å². The van der Waals surface area contributed by atoms with E-state index in [0.29, 0.717) is 24.9 Å². The minimum absolute atomic E-state index is 0.0745. The van der Waals surface area contributed by atoms with Gasteiger partial charge in [-0.2, -0.15) is 4.98 Å². The fourth-order valence-electron chi connectivity index (χ4n) is 4.36. The van der Waals surface area contributed by atoms with Crippen molar-refractivity contribution in [3.8, 4) is 17.0 Å². The Morgan fingerprint density at radius 3 is 2.42 bits per heavy atom. The summed E-state index contributed by atoms with van der Waals surface area (Å²) in [5.74, 6) is 1.70. The van der Waals surface area contributed by atoms with Crippen molar-refractivity contribution < 1.29 is 9.50 Å². The molecule has 172 valence electrons. The molecule has 10 heteroatoms. The van der Waals surface area contributed by atoms with Gasteiger partial charge in [-0.05, 0) is 37.5 Å². The molecular weight excluding hydrogens is 445 g/mol. The lowest BCUT2D eigenvalue weighted by molar-refractivity contribution is 0.468. The van der Waals surface area contributed by atoms with Crippen LogP contribution in [0.25, 0.3) is 11.3 Å². The summed E-state index contributed by atoms with van der Waals surface area (Å²) in [4.78, 5) is 24.3. The van der Waals surface area contributed by atoms with Gasteiger partial charge in [-0.1, -0.05) is 11.6 Å². The van der Waals surface area contributed by atoms with Gasteiger partial charge in [-0.25, -0.2) is 19.3 Å². The van der Waals surface area contributed by atoms with Crippen LogP contribution >= 0.6 is 11.6 Å². The average Bonchev–Trinajstić information content (AvgIpc) is 3.26. The number of benzene rings is 1. The summed E-state index contributed by atoms with van der Waals surface area (Å²) in [5, 5.41) is 10.2. The van der Waals surface area contributed by atoms with Gasteiger partial charge in [-0.15, -0.1) is 0 Å². The smallest absolute Gasteiger partial charge is 0.227 e. The highest BCUT2D eigenvalue weighted by atomic mass is 35.5. The molecule has 8 nitrogen and oxygen atoms in total. The van der Waals surface area contributed by atoms with E-state index in [0.717, 1.165) is 62.5 Å². The van der Waals surface area contributed by atoms with Gasteiger partial charge >= 0.3 is 0 Å². The van der Waals surface area contributed by atoms with Gasteiger partial charge in [0.25, 0.3) is 0 Å². The lowest BCUT2D eigenvalue weighted by Gasteiger charge is -2.25. The van der Waals surface area contributed by atoms with Crippen LogP contribution in [0.15, 0.2) is 36.8 Å². The minimum Gasteiger partial charge on any atom is -0.503 e. The van der Waals surface area contributed by atoms with Crippen LogP contribution in [0.4, 0.5) is 22.0 Å². The van der Waals surface area contributed by atoms with Crippen LogP contribution in [0.1, 0.15) is 19.3 Å². The number of nitrogens with zero attached hydrogens (tertiary/aromatic N) is 7. The van der Waals surface area contributed by atoms with Gasteiger partial charge in [0.15, 0.2) is 11.6 Å². The zero-order valence-electron chi connectivity index (χ0n) is 18.2. The molecule has 0 spiro atoms. The van der Waals surface area contributed by atoms with Crippen molar-refractivity contribution in [3.05, 3.63) is 47.6 Å². The molecule has 2 saturated heterocycles. The van der Waals surface area contributed by atoms with E-state index in [1.165, 1.54) is 18.6 Å². The van der Waals surface area contributed by atoms with Crippen molar-refractivity contribution in [1.82, 2.24) is 19.9 Å². The summed E-state index contributed by atoms with van der Waals surface area (Å²) in [5.41, 5.74) is 1.48. The molecule has 0 saturated carbocycles. The second-order valence-corrected chi connectivity index (χ2v) is 8.70. The summed E-state index contributed by atoms with van der Waals surface area (Å²) < 4.78 is 13.7. The van der Waals surface area contributed by atoms with Crippen LogP contribution in [-0.4, -0.2) is 64.3 Å². The van der Waals surface area contributed by atoms with Gasteiger partial charge in [0.2, 0.25) is 5.95 Å². The molecule has 2 aromatic heterocycles. The van der Waals surface area contributed by atoms with Crippen LogP contribution < -0.4 is 14.7 Å². The molecule has 0 unspecified atom stereocenters. The first kappa shape index (κ1) is 21.6. The first-order valence-corrected chi connectivity index (χ1v) is 11.5. The van der Waals surface area contributed by atoms with Crippen molar-refractivity contribution in [2.75, 3.05) is 54.0 Å². The molecule has 0 bridgehead atoms. The molecule has 2 fully saturated rings. The third-order valence-electron chi connectivity index (χ3n) is 6.10. The Hall–Kier alpha value is -3.20. The second kappa shape index (κ2) is 9.35. The molecule has 3 aromatic rings.